The third kappa shape index (κ3) is 4.11. The summed E-state index contributed by atoms with van der Waals surface area (Å²) in [5.41, 5.74) is 3.08. The van der Waals surface area contributed by atoms with E-state index in [-0.39, 0.29) is 23.2 Å². The third-order valence-corrected chi connectivity index (χ3v) is 5.88. The van der Waals surface area contributed by atoms with Gasteiger partial charge in [0.2, 0.25) is 5.91 Å². The minimum Gasteiger partial charge on any atom is -0.325 e. The normalized spacial score (nSPS) is 12.3. The highest BCUT2D eigenvalue weighted by atomic mass is 35.5. The van der Waals surface area contributed by atoms with Gasteiger partial charge in [-0.25, -0.2) is 0 Å². The summed E-state index contributed by atoms with van der Waals surface area (Å²) in [5.74, 6) is 0.419. The Bertz CT molecular complexity index is 1130. The van der Waals surface area contributed by atoms with Crippen molar-refractivity contribution >= 4 is 46.5 Å². The Morgan fingerprint density at radius 3 is 2.14 bits per heavy atom. The monoisotopic (exact) mass is 421 g/mol. The second-order valence-corrected chi connectivity index (χ2v) is 8.05. The first-order chi connectivity index (χ1) is 14.0. The lowest BCUT2D eigenvalue weighted by molar-refractivity contribution is -0.113. The van der Waals surface area contributed by atoms with Crippen LogP contribution in [-0.2, 0) is 10.5 Å². The van der Waals surface area contributed by atoms with E-state index in [1.165, 1.54) is 11.8 Å². The molecule has 0 heterocycles. The Labute approximate surface area is 177 Å². The van der Waals surface area contributed by atoms with Gasteiger partial charge in [-0.2, -0.15) is 0 Å². The van der Waals surface area contributed by atoms with Gasteiger partial charge < -0.3 is 5.32 Å². The van der Waals surface area contributed by atoms with Gasteiger partial charge in [0.1, 0.15) is 0 Å². The largest absolute Gasteiger partial charge is 0.325 e. The van der Waals surface area contributed by atoms with E-state index < -0.39 is 0 Å². The van der Waals surface area contributed by atoms with Crippen LogP contribution in [0.2, 0.25) is 5.02 Å². The lowest BCUT2D eigenvalue weighted by atomic mass is 9.84. The number of rotatable bonds is 5. The number of hydrogen-bond donors (Lipinski definition) is 1. The lowest BCUT2D eigenvalue weighted by Gasteiger charge is -2.18. The Balaban J connectivity index is 1.42. The number of benzene rings is 3. The molecule has 3 aromatic rings. The molecule has 0 unspecified atom stereocenters. The maximum atomic E-state index is 12.8. The van der Waals surface area contributed by atoms with Crippen LogP contribution in [0.25, 0.3) is 0 Å². The number of carbonyl (C=O) groups excluding carboxylic acids is 3. The first kappa shape index (κ1) is 19.4. The maximum Gasteiger partial charge on any atom is 0.234 e. The molecule has 0 aromatic heterocycles. The van der Waals surface area contributed by atoms with E-state index >= 15 is 0 Å². The number of anilines is 1. The predicted molar refractivity (Wildman–Crippen MR) is 116 cm³/mol. The molecule has 4 rings (SSSR count). The Hall–Kier alpha value is -2.89. The number of amides is 1. The fraction of sp³-hybridized carbons (Fsp3) is 0.0870. The van der Waals surface area contributed by atoms with Crippen molar-refractivity contribution in [2.75, 3.05) is 11.1 Å². The van der Waals surface area contributed by atoms with Gasteiger partial charge in [0.15, 0.2) is 11.6 Å². The zero-order chi connectivity index (χ0) is 20.4. The summed E-state index contributed by atoms with van der Waals surface area (Å²) in [6, 6.07) is 19.1. The Kier molecular flexibility index (Phi) is 5.51. The summed E-state index contributed by atoms with van der Waals surface area (Å²) in [6.45, 7) is 0. The van der Waals surface area contributed by atoms with Crippen LogP contribution in [0.3, 0.4) is 0 Å². The van der Waals surface area contributed by atoms with Gasteiger partial charge >= 0.3 is 0 Å². The smallest absolute Gasteiger partial charge is 0.234 e. The fourth-order valence-corrected chi connectivity index (χ4v) is 4.13. The number of halogens is 1. The number of thioether (sulfide) groups is 1. The summed E-state index contributed by atoms with van der Waals surface area (Å²) in [7, 11) is 0. The van der Waals surface area contributed by atoms with E-state index in [4.69, 9.17) is 11.6 Å². The maximum absolute atomic E-state index is 12.8. The van der Waals surface area contributed by atoms with Crippen molar-refractivity contribution in [3.63, 3.8) is 0 Å². The van der Waals surface area contributed by atoms with E-state index in [1.807, 2.05) is 24.3 Å². The van der Waals surface area contributed by atoms with Crippen molar-refractivity contribution in [3.8, 4) is 0 Å². The molecule has 1 N–H and O–H groups in total. The number of ketones is 2. The highest BCUT2D eigenvalue weighted by Gasteiger charge is 2.29. The molecule has 1 amide bonds. The second kappa shape index (κ2) is 8.23. The van der Waals surface area contributed by atoms with Crippen molar-refractivity contribution in [2.45, 2.75) is 5.75 Å². The van der Waals surface area contributed by atoms with Crippen LogP contribution in [0.4, 0.5) is 5.69 Å². The van der Waals surface area contributed by atoms with Crippen molar-refractivity contribution in [1.82, 2.24) is 0 Å². The standard InChI is InChI=1S/C23H16ClNO3S/c24-15-7-5-14(6-8-15)12-29-13-21(26)25-16-9-10-19-20(11-16)23(28)18-4-2-1-3-17(18)22(19)27/h1-11H,12-13H2,(H,25,26). The predicted octanol–water partition coefficient (Wildman–Crippen LogP) is 4.99. The summed E-state index contributed by atoms with van der Waals surface area (Å²) in [6.07, 6.45) is 0. The fourth-order valence-electron chi connectivity index (χ4n) is 3.22. The summed E-state index contributed by atoms with van der Waals surface area (Å²) in [5, 5.41) is 3.48. The number of fused-ring (bicyclic) bond motifs is 2. The Morgan fingerprint density at radius 2 is 1.45 bits per heavy atom. The summed E-state index contributed by atoms with van der Waals surface area (Å²) < 4.78 is 0. The molecule has 1 aliphatic carbocycles. The molecule has 0 spiro atoms. The van der Waals surface area contributed by atoms with E-state index in [1.54, 1.807) is 42.5 Å². The van der Waals surface area contributed by atoms with Crippen LogP contribution >= 0.6 is 23.4 Å². The van der Waals surface area contributed by atoms with Crippen molar-refractivity contribution in [1.29, 1.82) is 0 Å². The molecule has 0 aliphatic heterocycles. The molecule has 0 atom stereocenters. The molecule has 29 heavy (non-hydrogen) atoms. The summed E-state index contributed by atoms with van der Waals surface area (Å²) in [4.78, 5) is 37.7. The van der Waals surface area contributed by atoms with Crippen molar-refractivity contribution in [3.05, 3.63) is 99.6 Å². The molecule has 0 radical (unpaired) electrons. The second-order valence-electron chi connectivity index (χ2n) is 6.63. The van der Waals surface area contributed by atoms with Crippen LogP contribution in [0, 0.1) is 0 Å². The molecule has 6 heteroatoms. The molecule has 0 bridgehead atoms. The topological polar surface area (TPSA) is 63.2 Å². The van der Waals surface area contributed by atoms with Gasteiger partial charge in [0.05, 0.1) is 5.75 Å². The van der Waals surface area contributed by atoms with Gasteiger partial charge in [0.25, 0.3) is 0 Å². The Morgan fingerprint density at radius 1 is 0.828 bits per heavy atom. The zero-order valence-electron chi connectivity index (χ0n) is 15.3. The van der Waals surface area contributed by atoms with E-state index in [2.05, 4.69) is 5.32 Å². The minimum atomic E-state index is -0.205. The van der Waals surface area contributed by atoms with Gasteiger partial charge in [0, 0.05) is 38.7 Å². The highest BCUT2D eigenvalue weighted by Crippen LogP contribution is 2.29. The van der Waals surface area contributed by atoms with Gasteiger partial charge in [-0.3, -0.25) is 14.4 Å². The number of carbonyl (C=O) groups is 3. The molecule has 4 nitrogen and oxygen atoms in total. The summed E-state index contributed by atoms with van der Waals surface area (Å²) >= 11 is 7.35. The first-order valence-corrected chi connectivity index (χ1v) is 10.5. The van der Waals surface area contributed by atoms with Crippen LogP contribution in [0.5, 0.6) is 0 Å². The highest BCUT2D eigenvalue weighted by molar-refractivity contribution is 7.99. The van der Waals surface area contributed by atoms with Gasteiger partial charge in [-0.05, 0) is 35.9 Å². The zero-order valence-corrected chi connectivity index (χ0v) is 16.8. The molecule has 0 saturated carbocycles. The number of nitrogens with one attached hydrogen (secondary N) is 1. The molecule has 1 aliphatic rings. The quantitative estimate of drug-likeness (QED) is 0.493. The minimum absolute atomic E-state index is 0.168. The SMILES string of the molecule is O=C(CSCc1ccc(Cl)cc1)Nc1ccc2c(c1)C(=O)c1ccccc1C2=O. The molecule has 0 saturated heterocycles. The van der Waals surface area contributed by atoms with Crippen molar-refractivity contribution < 1.29 is 14.4 Å². The first-order valence-electron chi connectivity index (χ1n) is 8.97. The molecular weight excluding hydrogens is 406 g/mol. The number of hydrogen-bond acceptors (Lipinski definition) is 4. The van der Waals surface area contributed by atoms with E-state index in [0.29, 0.717) is 38.7 Å². The molecule has 144 valence electrons. The van der Waals surface area contributed by atoms with Crippen LogP contribution in [-0.4, -0.2) is 23.2 Å². The average Bonchev–Trinajstić information content (AvgIpc) is 2.73. The third-order valence-electron chi connectivity index (χ3n) is 4.62. The van der Waals surface area contributed by atoms with Crippen LogP contribution < -0.4 is 5.32 Å². The van der Waals surface area contributed by atoms with Crippen molar-refractivity contribution in [2.24, 2.45) is 0 Å². The molecule has 3 aromatic carbocycles. The van der Waals surface area contributed by atoms with Gasteiger partial charge in [-0.15, -0.1) is 11.8 Å². The molecule has 0 fully saturated rings. The van der Waals surface area contributed by atoms with E-state index in [9.17, 15) is 14.4 Å². The van der Waals surface area contributed by atoms with Gasteiger partial charge in [-0.1, -0.05) is 48.0 Å². The van der Waals surface area contributed by atoms with Crippen LogP contribution in [0.1, 0.15) is 37.4 Å². The van der Waals surface area contributed by atoms with Crippen LogP contribution in [0.15, 0.2) is 66.7 Å². The average molecular weight is 422 g/mol. The lowest BCUT2D eigenvalue weighted by Crippen LogP contribution is -2.21. The molecular formula is C23H16ClNO3S. The van der Waals surface area contributed by atoms with E-state index in [0.717, 1.165) is 5.56 Å².